The number of nitrogens with zero attached hydrogens (tertiary/aromatic N) is 2. The number of morpholine rings is 1. The molecule has 0 radical (unpaired) electrons. The van der Waals surface area contributed by atoms with Crippen molar-refractivity contribution in [3.8, 4) is 0 Å². The summed E-state index contributed by atoms with van der Waals surface area (Å²) in [5.41, 5.74) is 0.825. The topological polar surface area (TPSA) is 62.7 Å². The minimum Gasteiger partial charge on any atom is -0.481 e. The number of hydrogen-bond donors (Lipinski definition) is 1. The number of carbonyl (C=O) groups is 1. The van der Waals surface area contributed by atoms with E-state index < -0.39 is 11.9 Å². The first-order valence-electron chi connectivity index (χ1n) is 6.20. The molecule has 1 atom stereocenters. The van der Waals surface area contributed by atoms with Gasteiger partial charge in [-0.1, -0.05) is 0 Å². The maximum absolute atomic E-state index is 11.3. The molecular formula is C13H18N2O3. The Morgan fingerprint density at radius 2 is 2.06 bits per heavy atom. The molecule has 1 N–H and O–H groups in total. The van der Waals surface area contributed by atoms with Crippen molar-refractivity contribution in [3.05, 3.63) is 30.1 Å². The highest BCUT2D eigenvalue weighted by Crippen LogP contribution is 2.19. The number of hydrogen-bond acceptors (Lipinski definition) is 4. The molecule has 1 aliphatic rings. The van der Waals surface area contributed by atoms with E-state index in [4.69, 9.17) is 4.74 Å². The van der Waals surface area contributed by atoms with Crippen molar-refractivity contribution >= 4 is 5.97 Å². The number of carboxylic acid groups (broad SMARTS) is 1. The van der Waals surface area contributed by atoms with Crippen molar-refractivity contribution in [1.82, 2.24) is 9.88 Å². The average Bonchev–Trinajstić information content (AvgIpc) is 2.41. The Kier molecular flexibility index (Phi) is 4.66. The fourth-order valence-corrected chi connectivity index (χ4v) is 2.16. The van der Waals surface area contributed by atoms with Gasteiger partial charge in [-0.3, -0.25) is 14.7 Å². The van der Waals surface area contributed by atoms with Crippen molar-refractivity contribution < 1.29 is 14.6 Å². The fraction of sp³-hybridized carbons (Fsp3) is 0.538. The maximum Gasteiger partial charge on any atom is 0.311 e. The second-order valence-electron chi connectivity index (χ2n) is 4.41. The van der Waals surface area contributed by atoms with Crippen molar-refractivity contribution in [1.29, 1.82) is 0 Å². The van der Waals surface area contributed by atoms with E-state index in [1.165, 1.54) is 0 Å². The summed E-state index contributed by atoms with van der Waals surface area (Å²) >= 11 is 0. The minimum atomic E-state index is -0.769. The fourth-order valence-electron chi connectivity index (χ4n) is 2.16. The van der Waals surface area contributed by atoms with Gasteiger partial charge >= 0.3 is 5.97 Å². The monoisotopic (exact) mass is 250 g/mol. The SMILES string of the molecule is O=C(O)C(CCN1CCOCC1)c1ccncc1. The van der Waals surface area contributed by atoms with Gasteiger partial charge in [0.1, 0.15) is 0 Å². The van der Waals surface area contributed by atoms with Gasteiger partial charge in [0.15, 0.2) is 0 Å². The predicted octanol–water partition coefficient (Wildman–Crippen LogP) is 0.972. The van der Waals surface area contributed by atoms with Gasteiger partial charge < -0.3 is 9.84 Å². The third-order valence-electron chi connectivity index (χ3n) is 3.24. The lowest BCUT2D eigenvalue weighted by atomic mass is 9.96. The number of rotatable bonds is 5. The highest BCUT2D eigenvalue weighted by Gasteiger charge is 2.21. The highest BCUT2D eigenvalue weighted by atomic mass is 16.5. The van der Waals surface area contributed by atoms with E-state index in [2.05, 4.69) is 9.88 Å². The summed E-state index contributed by atoms with van der Waals surface area (Å²) in [6.07, 6.45) is 3.90. The Labute approximate surface area is 106 Å². The molecule has 5 heteroatoms. The zero-order valence-electron chi connectivity index (χ0n) is 10.3. The number of ether oxygens (including phenoxy) is 1. The zero-order valence-corrected chi connectivity index (χ0v) is 10.3. The Morgan fingerprint density at radius 3 is 2.67 bits per heavy atom. The van der Waals surface area contributed by atoms with Gasteiger partial charge in [-0.25, -0.2) is 0 Å². The quantitative estimate of drug-likeness (QED) is 0.843. The lowest BCUT2D eigenvalue weighted by Gasteiger charge is -2.27. The number of pyridine rings is 1. The molecular weight excluding hydrogens is 232 g/mol. The van der Waals surface area contributed by atoms with Gasteiger partial charge in [-0.2, -0.15) is 0 Å². The Bertz CT molecular complexity index is 377. The second kappa shape index (κ2) is 6.47. The minimum absolute atomic E-state index is 0.448. The Hall–Kier alpha value is -1.46. The van der Waals surface area contributed by atoms with Gasteiger partial charge in [0.2, 0.25) is 0 Å². The van der Waals surface area contributed by atoms with E-state index in [-0.39, 0.29) is 0 Å². The molecule has 1 saturated heterocycles. The largest absolute Gasteiger partial charge is 0.481 e. The van der Waals surface area contributed by atoms with E-state index in [0.717, 1.165) is 38.4 Å². The van der Waals surface area contributed by atoms with Crippen LogP contribution in [-0.4, -0.2) is 53.8 Å². The lowest BCUT2D eigenvalue weighted by Crippen LogP contribution is -2.37. The van der Waals surface area contributed by atoms with Crippen molar-refractivity contribution in [3.63, 3.8) is 0 Å². The normalized spacial score (nSPS) is 18.4. The number of aromatic nitrogens is 1. The molecule has 2 rings (SSSR count). The van der Waals surface area contributed by atoms with Crippen LogP contribution in [0.3, 0.4) is 0 Å². The second-order valence-corrected chi connectivity index (χ2v) is 4.41. The van der Waals surface area contributed by atoms with Gasteiger partial charge in [0.05, 0.1) is 19.1 Å². The van der Waals surface area contributed by atoms with E-state index >= 15 is 0 Å². The first-order chi connectivity index (χ1) is 8.77. The maximum atomic E-state index is 11.3. The van der Waals surface area contributed by atoms with Crippen molar-refractivity contribution in [2.75, 3.05) is 32.8 Å². The molecule has 2 heterocycles. The lowest BCUT2D eigenvalue weighted by molar-refractivity contribution is -0.139. The van der Waals surface area contributed by atoms with Gasteiger partial charge in [0.25, 0.3) is 0 Å². The van der Waals surface area contributed by atoms with E-state index in [1.54, 1.807) is 24.5 Å². The molecule has 0 saturated carbocycles. The molecule has 1 fully saturated rings. The van der Waals surface area contributed by atoms with Crippen LogP contribution in [0.15, 0.2) is 24.5 Å². The summed E-state index contributed by atoms with van der Waals surface area (Å²) in [5.74, 6) is -1.22. The molecule has 1 unspecified atom stereocenters. The Balaban J connectivity index is 1.92. The van der Waals surface area contributed by atoms with Crippen molar-refractivity contribution in [2.24, 2.45) is 0 Å². The number of aliphatic carboxylic acids is 1. The molecule has 1 aromatic heterocycles. The smallest absolute Gasteiger partial charge is 0.311 e. The van der Waals surface area contributed by atoms with Crippen LogP contribution in [0.2, 0.25) is 0 Å². The van der Waals surface area contributed by atoms with E-state index in [0.29, 0.717) is 6.42 Å². The van der Waals surface area contributed by atoms with E-state index in [9.17, 15) is 9.90 Å². The van der Waals surface area contributed by atoms with Gasteiger partial charge in [0, 0.05) is 25.5 Å². The molecule has 18 heavy (non-hydrogen) atoms. The summed E-state index contributed by atoms with van der Waals surface area (Å²) < 4.78 is 5.27. The molecule has 1 aromatic rings. The van der Waals surface area contributed by atoms with Crippen LogP contribution in [0.4, 0.5) is 0 Å². The first-order valence-corrected chi connectivity index (χ1v) is 6.20. The van der Waals surface area contributed by atoms with Crippen LogP contribution in [0.1, 0.15) is 17.9 Å². The number of carboxylic acids is 1. The van der Waals surface area contributed by atoms with Gasteiger partial charge in [-0.05, 0) is 30.7 Å². The third-order valence-corrected chi connectivity index (χ3v) is 3.24. The molecule has 0 aliphatic carbocycles. The van der Waals surface area contributed by atoms with Gasteiger partial charge in [-0.15, -0.1) is 0 Å². The first kappa shape index (κ1) is 13.0. The summed E-state index contributed by atoms with van der Waals surface area (Å²) in [5, 5.41) is 9.29. The Morgan fingerprint density at radius 1 is 1.39 bits per heavy atom. The standard InChI is InChI=1S/C13H18N2O3/c16-13(17)12(11-1-4-14-5-2-11)3-6-15-7-9-18-10-8-15/h1-2,4-5,12H,3,6-10H2,(H,16,17). The third kappa shape index (κ3) is 3.51. The molecule has 98 valence electrons. The molecule has 0 spiro atoms. The van der Waals surface area contributed by atoms with Crippen LogP contribution in [-0.2, 0) is 9.53 Å². The molecule has 1 aliphatic heterocycles. The van der Waals surface area contributed by atoms with Crippen molar-refractivity contribution in [2.45, 2.75) is 12.3 Å². The average molecular weight is 250 g/mol. The summed E-state index contributed by atoms with van der Waals surface area (Å²) in [7, 11) is 0. The summed E-state index contributed by atoms with van der Waals surface area (Å²) in [4.78, 5) is 17.5. The van der Waals surface area contributed by atoms with Crippen LogP contribution >= 0.6 is 0 Å². The summed E-state index contributed by atoms with van der Waals surface area (Å²) in [6.45, 7) is 4.06. The van der Waals surface area contributed by atoms with Crippen LogP contribution in [0, 0.1) is 0 Å². The van der Waals surface area contributed by atoms with E-state index in [1.807, 2.05) is 0 Å². The van der Waals surface area contributed by atoms with Crippen LogP contribution in [0.5, 0.6) is 0 Å². The predicted molar refractivity (Wildman–Crippen MR) is 66.5 cm³/mol. The van der Waals surface area contributed by atoms with Crippen LogP contribution in [0.25, 0.3) is 0 Å². The molecule has 0 bridgehead atoms. The highest BCUT2D eigenvalue weighted by molar-refractivity contribution is 5.75. The zero-order chi connectivity index (χ0) is 12.8. The molecule has 0 aromatic carbocycles. The molecule has 0 amide bonds. The van der Waals surface area contributed by atoms with Crippen LogP contribution < -0.4 is 0 Å². The molecule has 5 nitrogen and oxygen atoms in total. The summed E-state index contributed by atoms with van der Waals surface area (Å²) in [6, 6.07) is 3.55.